The predicted molar refractivity (Wildman–Crippen MR) is 65.7 cm³/mol. The van der Waals surface area contributed by atoms with Crippen LogP contribution in [0.25, 0.3) is 0 Å². The lowest BCUT2D eigenvalue weighted by molar-refractivity contribution is -0.173. The van der Waals surface area contributed by atoms with Crippen molar-refractivity contribution >= 4 is 11.6 Å². The highest BCUT2D eigenvalue weighted by atomic mass is 35.5. The molecule has 0 spiro atoms. The number of halogens is 1. The molecule has 0 aromatic heterocycles. The second kappa shape index (κ2) is 7.45. The van der Waals surface area contributed by atoms with Crippen LogP contribution in [0.4, 0.5) is 0 Å². The maximum absolute atomic E-state index is 6.27. The zero-order chi connectivity index (χ0) is 12.0. The summed E-state index contributed by atoms with van der Waals surface area (Å²) >= 11 is 6.27. The first kappa shape index (κ1) is 14.2. The summed E-state index contributed by atoms with van der Waals surface area (Å²) in [4.78, 5) is 2.23. The molecule has 5 heteroatoms. The molecule has 16 heavy (non-hydrogen) atoms. The third-order valence-corrected chi connectivity index (χ3v) is 3.20. The largest absolute Gasteiger partial charge is 0.351 e. The first-order valence-corrected chi connectivity index (χ1v) is 6.48. The molecule has 1 N–H and O–H groups in total. The van der Waals surface area contributed by atoms with Crippen LogP contribution in [-0.2, 0) is 9.47 Å². The van der Waals surface area contributed by atoms with Crippen molar-refractivity contribution in [1.82, 2.24) is 10.2 Å². The molecule has 1 rings (SSSR count). The number of nitrogens with one attached hydrogen (secondary N) is 1. The minimum absolute atomic E-state index is 0.0205. The van der Waals surface area contributed by atoms with Crippen molar-refractivity contribution in [1.29, 1.82) is 0 Å². The Morgan fingerprint density at radius 3 is 2.50 bits per heavy atom. The van der Waals surface area contributed by atoms with Crippen LogP contribution in [0.2, 0.25) is 0 Å². The number of hydrogen-bond donors (Lipinski definition) is 1. The lowest BCUT2D eigenvalue weighted by Crippen LogP contribution is -2.56. The molecule has 1 fully saturated rings. The van der Waals surface area contributed by atoms with E-state index in [1.54, 1.807) is 0 Å². The van der Waals surface area contributed by atoms with Gasteiger partial charge >= 0.3 is 0 Å². The minimum atomic E-state index is -0.186. The van der Waals surface area contributed by atoms with Gasteiger partial charge in [-0.15, -0.1) is 11.6 Å². The molecule has 2 unspecified atom stereocenters. The van der Waals surface area contributed by atoms with E-state index in [1.165, 1.54) is 0 Å². The van der Waals surface area contributed by atoms with Crippen molar-refractivity contribution < 1.29 is 9.47 Å². The van der Waals surface area contributed by atoms with Crippen molar-refractivity contribution in [2.75, 3.05) is 32.8 Å². The van der Waals surface area contributed by atoms with E-state index < -0.39 is 0 Å². The summed E-state index contributed by atoms with van der Waals surface area (Å²) < 4.78 is 11.2. The van der Waals surface area contributed by atoms with Gasteiger partial charge in [0.1, 0.15) is 0 Å². The van der Waals surface area contributed by atoms with E-state index in [-0.39, 0.29) is 17.8 Å². The Morgan fingerprint density at radius 1 is 1.38 bits per heavy atom. The summed E-state index contributed by atoms with van der Waals surface area (Å²) in [6.45, 7) is 10.1. The summed E-state index contributed by atoms with van der Waals surface area (Å²) in [5, 5.41) is 3.27. The number of piperazine rings is 1. The van der Waals surface area contributed by atoms with Gasteiger partial charge in [0.25, 0.3) is 0 Å². The molecule has 1 heterocycles. The summed E-state index contributed by atoms with van der Waals surface area (Å²) in [6, 6.07) is 0.185. The molecule has 1 saturated heterocycles. The van der Waals surface area contributed by atoms with Crippen molar-refractivity contribution in [2.45, 2.75) is 38.6 Å². The Hall–Kier alpha value is 0.130. The highest BCUT2D eigenvalue weighted by Gasteiger charge is 2.30. The van der Waals surface area contributed by atoms with Crippen molar-refractivity contribution in [2.24, 2.45) is 0 Å². The fourth-order valence-corrected chi connectivity index (χ4v) is 2.34. The highest BCUT2D eigenvalue weighted by Crippen LogP contribution is 2.17. The number of hydrogen-bond acceptors (Lipinski definition) is 4. The molecule has 2 atom stereocenters. The molecule has 0 aliphatic carbocycles. The van der Waals surface area contributed by atoms with E-state index in [4.69, 9.17) is 21.1 Å². The topological polar surface area (TPSA) is 33.7 Å². The smallest absolute Gasteiger partial charge is 0.172 e. The molecule has 0 bridgehead atoms. The van der Waals surface area contributed by atoms with Gasteiger partial charge in [-0.1, -0.05) is 0 Å². The molecule has 1 aliphatic heterocycles. The van der Waals surface area contributed by atoms with E-state index >= 15 is 0 Å². The molecule has 1 aliphatic rings. The van der Waals surface area contributed by atoms with Gasteiger partial charge in [-0.05, 0) is 20.8 Å². The molecule has 0 aromatic rings. The van der Waals surface area contributed by atoms with Crippen LogP contribution >= 0.6 is 11.6 Å². The van der Waals surface area contributed by atoms with Gasteiger partial charge in [0, 0.05) is 32.8 Å². The zero-order valence-electron chi connectivity index (χ0n) is 10.4. The SMILES string of the molecule is CCOC(OCC)C(C)N1CCNCC1Cl. The first-order chi connectivity index (χ1) is 7.70. The predicted octanol–water partition coefficient (Wildman–Crippen LogP) is 1.24. The molecule has 0 radical (unpaired) electrons. The summed E-state index contributed by atoms with van der Waals surface area (Å²) in [6.07, 6.45) is -0.186. The molecular weight excluding hydrogens is 228 g/mol. The number of nitrogens with zero attached hydrogens (tertiary/aromatic N) is 1. The first-order valence-electron chi connectivity index (χ1n) is 6.04. The van der Waals surface area contributed by atoms with Gasteiger partial charge in [0.05, 0.1) is 11.5 Å². The third kappa shape index (κ3) is 3.86. The number of ether oxygens (including phenoxy) is 2. The number of alkyl halides is 1. The second-order valence-corrected chi connectivity index (χ2v) is 4.40. The standard InChI is InChI=1S/C11H23ClN2O2/c1-4-15-11(16-5-2)9(3)14-7-6-13-8-10(14)12/h9-11,13H,4-8H2,1-3H3. The molecule has 4 nitrogen and oxygen atoms in total. The van der Waals surface area contributed by atoms with Crippen LogP contribution < -0.4 is 5.32 Å². The van der Waals surface area contributed by atoms with E-state index in [1.807, 2.05) is 13.8 Å². The van der Waals surface area contributed by atoms with Crippen molar-refractivity contribution in [3.63, 3.8) is 0 Å². The molecule has 0 saturated carbocycles. The molecule has 96 valence electrons. The Kier molecular flexibility index (Phi) is 6.61. The average Bonchev–Trinajstić information content (AvgIpc) is 2.28. The van der Waals surface area contributed by atoms with E-state index in [0.717, 1.165) is 19.6 Å². The van der Waals surface area contributed by atoms with Gasteiger partial charge in [-0.2, -0.15) is 0 Å². The fraction of sp³-hybridized carbons (Fsp3) is 1.00. The Labute approximate surface area is 103 Å². The maximum atomic E-state index is 6.27. The Balaban J connectivity index is 2.53. The lowest BCUT2D eigenvalue weighted by Gasteiger charge is -2.39. The average molecular weight is 251 g/mol. The van der Waals surface area contributed by atoms with Crippen molar-refractivity contribution in [3.8, 4) is 0 Å². The summed E-state index contributed by atoms with van der Waals surface area (Å²) in [5.74, 6) is 0. The zero-order valence-corrected chi connectivity index (χ0v) is 11.2. The van der Waals surface area contributed by atoms with Crippen LogP contribution in [0.1, 0.15) is 20.8 Å². The highest BCUT2D eigenvalue weighted by molar-refractivity contribution is 6.20. The monoisotopic (exact) mass is 250 g/mol. The van der Waals surface area contributed by atoms with Crippen LogP contribution in [0, 0.1) is 0 Å². The minimum Gasteiger partial charge on any atom is -0.351 e. The van der Waals surface area contributed by atoms with Crippen LogP contribution in [0.3, 0.4) is 0 Å². The molecule has 0 aromatic carbocycles. The van der Waals surface area contributed by atoms with Crippen LogP contribution in [0.15, 0.2) is 0 Å². The Bertz CT molecular complexity index is 189. The normalized spacial score (nSPS) is 24.9. The maximum Gasteiger partial charge on any atom is 0.172 e. The van der Waals surface area contributed by atoms with Gasteiger partial charge in [-0.3, -0.25) is 4.90 Å². The van der Waals surface area contributed by atoms with E-state index in [9.17, 15) is 0 Å². The third-order valence-electron chi connectivity index (χ3n) is 2.80. The fourth-order valence-electron chi connectivity index (χ4n) is 1.96. The van der Waals surface area contributed by atoms with Gasteiger partial charge in [0.15, 0.2) is 6.29 Å². The van der Waals surface area contributed by atoms with Crippen molar-refractivity contribution in [3.05, 3.63) is 0 Å². The summed E-state index contributed by atoms with van der Waals surface area (Å²) in [5.41, 5.74) is 0.0205. The van der Waals surface area contributed by atoms with E-state index in [0.29, 0.717) is 13.2 Å². The summed E-state index contributed by atoms with van der Waals surface area (Å²) in [7, 11) is 0. The lowest BCUT2D eigenvalue weighted by atomic mass is 10.2. The molecular formula is C11H23ClN2O2. The van der Waals surface area contributed by atoms with Gasteiger partial charge < -0.3 is 14.8 Å². The van der Waals surface area contributed by atoms with Crippen LogP contribution in [0.5, 0.6) is 0 Å². The quantitative estimate of drug-likeness (QED) is 0.437. The van der Waals surface area contributed by atoms with Gasteiger partial charge in [-0.25, -0.2) is 0 Å². The van der Waals surface area contributed by atoms with E-state index in [2.05, 4.69) is 17.1 Å². The number of rotatable bonds is 6. The second-order valence-electron chi connectivity index (χ2n) is 3.90. The van der Waals surface area contributed by atoms with Gasteiger partial charge in [0.2, 0.25) is 0 Å². The Morgan fingerprint density at radius 2 is 2.00 bits per heavy atom. The van der Waals surface area contributed by atoms with Crippen LogP contribution in [-0.4, -0.2) is 55.6 Å². The molecule has 0 amide bonds.